The molecule has 0 fully saturated rings. The Kier molecular flexibility index (Phi) is 2.95. The van der Waals surface area contributed by atoms with Crippen LogP contribution in [0.1, 0.15) is 11.4 Å². The lowest BCUT2D eigenvalue weighted by Gasteiger charge is -2.05. The monoisotopic (exact) mass is 233 g/mol. The fourth-order valence-corrected chi connectivity index (χ4v) is 1.52. The normalized spacial score (nSPS) is 10.4. The number of anilines is 1. The second-order valence-corrected chi connectivity index (χ2v) is 3.72. The molecule has 0 aliphatic heterocycles. The zero-order valence-corrected chi connectivity index (χ0v) is 10.4. The molecule has 0 saturated heterocycles. The minimum absolute atomic E-state index is 0.455. The minimum Gasteiger partial charge on any atom is -0.434 e. The van der Waals surface area contributed by atoms with Crippen molar-refractivity contribution < 1.29 is 4.74 Å². The summed E-state index contributed by atoms with van der Waals surface area (Å²) in [6.45, 7) is 3.85. The highest BCUT2D eigenvalue weighted by Gasteiger charge is 2.12. The van der Waals surface area contributed by atoms with Crippen LogP contribution in [0.15, 0.2) is 12.4 Å². The summed E-state index contributed by atoms with van der Waals surface area (Å²) in [5.41, 5.74) is 1.79. The van der Waals surface area contributed by atoms with E-state index in [4.69, 9.17) is 4.74 Å². The van der Waals surface area contributed by atoms with Crippen LogP contribution in [0.4, 0.5) is 5.82 Å². The third-order valence-corrected chi connectivity index (χ3v) is 2.52. The van der Waals surface area contributed by atoms with Gasteiger partial charge in [-0.15, -0.1) is 0 Å². The van der Waals surface area contributed by atoms with Crippen molar-refractivity contribution >= 4 is 5.82 Å². The van der Waals surface area contributed by atoms with Gasteiger partial charge in [-0.3, -0.25) is 9.67 Å². The van der Waals surface area contributed by atoms with Crippen LogP contribution >= 0.6 is 0 Å². The number of aromatic nitrogens is 4. The van der Waals surface area contributed by atoms with Crippen LogP contribution in [-0.2, 0) is 7.05 Å². The second-order valence-electron chi connectivity index (χ2n) is 3.72. The zero-order chi connectivity index (χ0) is 12.4. The first-order valence-electron chi connectivity index (χ1n) is 5.29. The van der Waals surface area contributed by atoms with E-state index in [1.54, 1.807) is 24.1 Å². The summed E-state index contributed by atoms with van der Waals surface area (Å²) in [6.07, 6.45) is 3.21. The molecule has 90 valence electrons. The lowest BCUT2D eigenvalue weighted by atomic mass is 10.3. The Balaban J connectivity index is 2.31. The van der Waals surface area contributed by atoms with Gasteiger partial charge in [0, 0.05) is 14.1 Å². The maximum Gasteiger partial charge on any atom is 0.239 e. The van der Waals surface area contributed by atoms with E-state index in [1.165, 1.54) is 0 Å². The molecule has 0 amide bonds. The van der Waals surface area contributed by atoms with E-state index in [2.05, 4.69) is 20.4 Å². The van der Waals surface area contributed by atoms with E-state index in [0.29, 0.717) is 11.7 Å². The maximum atomic E-state index is 5.71. The van der Waals surface area contributed by atoms with Crippen LogP contribution < -0.4 is 10.1 Å². The SMILES string of the molecule is CNc1cncc(Oc2c(C)nn(C)c2C)n1. The Morgan fingerprint density at radius 1 is 1.29 bits per heavy atom. The Morgan fingerprint density at radius 3 is 2.65 bits per heavy atom. The molecule has 6 nitrogen and oxygen atoms in total. The van der Waals surface area contributed by atoms with Gasteiger partial charge < -0.3 is 10.1 Å². The molecule has 0 aliphatic carbocycles. The van der Waals surface area contributed by atoms with Crippen molar-refractivity contribution in [1.82, 2.24) is 19.7 Å². The van der Waals surface area contributed by atoms with E-state index >= 15 is 0 Å². The zero-order valence-electron chi connectivity index (χ0n) is 10.4. The Hall–Kier alpha value is -2.11. The summed E-state index contributed by atoms with van der Waals surface area (Å²) in [5, 5.41) is 7.19. The first-order valence-corrected chi connectivity index (χ1v) is 5.29. The Bertz CT molecular complexity index is 535. The molecule has 0 spiro atoms. The molecule has 0 atom stereocenters. The van der Waals surface area contributed by atoms with Crippen molar-refractivity contribution in [2.45, 2.75) is 13.8 Å². The third-order valence-electron chi connectivity index (χ3n) is 2.52. The fourth-order valence-electron chi connectivity index (χ4n) is 1.52. The van der Waals surface area contributed by atoms with Crippen molar-refractivity contribution in [3.8, 4) is 11.6 Å². The number of hydrogen-bond acceptors (Lipinski definition) is 5. The van der Waals surface area contributed by atoms with Gasteiger partial charge >= 0.3 is 0 Å². The van der Waals surface area contributed by atoms with E-state index < -0.39 is 0 Å². The standard InChI is InChI=1S/C11H15N5O/c1-7-11(8(2)16(4)15-7)17-10-6-13-5-9(12-3)14-10/h5-6H,1-4H3,(H,12,14). The van der Waals surface area contributed by atoms with Crippen molar-refractivity contribution in [3.63, 3.8) is 0 Å². The van der Waals surface area contributed by atoms with Crippen LogP contribution in [0.2, 0.25) is 0 Å². The van der Waals surface area contributed by atoms with Crippen molar-refractivity contribution in [1.29, 1.82) is 0 Å². The summed E-state index contributed by atoms with van der Waals surface area (Å²) >= 11 is 0. The van der Waals surface area contributed by atoms with E-state index in [-0.39, 0.29) is 0 Å². The molecule has 0 radical (unpaired) electrons. The van der Waals surface area contributed by atoms with Crippen LogP contribution in [0.5, 0.6) is 11.6 Å². The smallest absolute Gasteiger partial charge is 0.239 e. The van der Waals surface area contributed by atoms with Gasteiger partial charge in [0.2, 0.25) is 5.88 Å². The molecule has 0 saturated carbocycles. The van der Waals surface area contributed by atoms with Gasteiger partial charge in [0.25, 0.3) is 0 Å². The third kappa shape index (κ3) is 2.20. The predicted molar refractivity (Wildman–Crippen MR) is 64.3 cm³/mol. The highest BCUT2D eigenvalue weighted by Crippen LogP contribution is 2.26. The average molecular weight is 233 g/mol. The van der Waals surface area contributed by atoms with E-state index in [9.17, 15) is 0 Å². The molecular formula is C11H15N5O. The summed E-state index contributed by atoms with van der Waals surface area (Å²) in [4.78, 5) is 8.29. The second kappa shape index (κ2) is 4.40. The molecule has 0 bridgehead atoms. The molecule has 6 heteroatoms. The molecule has 0 aliphatic rings. The fraction of sp³-hybridized carbons (Fsp3) is 0.364. The minimum atomic E-state index is 0.455. The van der Waals surface area contributed by atoms with Crippen LogP contribution in [0.3, 0.4) is 0 Å². The molecule has 2 aromatic rings. The topological polar surface area (TPSA) is 64.9 Å². The van der Waals surface area contributed by atoms with Gasteiger partial charge in [-0.1, -0.05) is 0 Å². The predicted octanol–water partition coefficient (Wildman–Crippen LogP) is 1.66. The highest BCUT2D eigenvalue weighted by molar-refractivity contribution is 5.37. The van der Waals surface area contributed by atoms with E-state index in [1.807, 2.05) is 20.9 Å². The lowest BCUT2D eigenvalue weighted by molar-refractivity contribution is 0.453. The summed E-state index contributed by atoms with van der Waals surface area (Å²) in [7, 11) is 3.67. The molecule has 2 aromatic heterocycles. The lowest BCUT2D eigenvalue weighted by Crippen LogP contribution is -1.97. The number of nitrogens with zero attached hydrogens (tertiary/aromatic N) is 4. The first-order chi connectivity index (χ1) is 8.11. The van der Waals surface area contributed by atoms with Crippen LogP contribution in [0, 0.1) is 13.8 Å². The molecular weight excluding hydrogens is 218 g/mol. The first kappa shape index (κ1) is 11.4. The van der Waals surface area contributed by atoms with Gasteiger partial charge in [0.15, 0.2) is 5.75 Å². The average Bonchev–Trinajstić information content (AvgIpc) is 2.56. The molecule has 0 unspecified atom stereocenters. The molecule has 1 N–H and O–H groups in total. The quantitative estimate of drug-likeness (QED) is 0.873. The number of aryl methyl sites for hydroxylation is 2. The van der Waals surface area contributed by atoms with Gasteiger partial charge in [-0.25, -0.2) is 0 Å². The Labute approximate surface area is 99.7 Å². The molecule has 0 aromatic carbocycles. The van der Waals surface area contributed by atoms with Crippen molar-refractivity contribution in [2.75, 3.05) is 12.4 Å². The number of ether oxygens (including phenoxy) is 1. The van der Waals surface area contributed by atoms with Crippen molar-refractivity contribution in [2.24, 2.45) is 7.05 Å². The van der Waals surface area contributed by atoms with Gasteiger partial charge in [-0.2, -0.15) is 10.1 Å². The summed E-state index contributed by atoms with van der Waals surface area (Å²) < 4.78 is 7.48. The summed E-state index contributed by atoms with van der Waals surface area (Å²) in [5.74, 6) is 1.85. The van der Waals surface area contributed by atoms with E-state index in [0.717, 1.165) is 17.1 Å². The number of hydrogen-bond donors (Lipinski definition) is 1. The molecule has 2 rings (SSSR count). The summed E-state index contributed by atoms with van der Waals surface area (Å²) in [6, 6.07) is 0. The number of rotatable bonds is 3. The van der Waals surface area contributed by atoms with Gasteiger partial charge in [-0.05, 0) is 13.8 Å². The van der Waals surface area contributed by atoms with Crippen LogP contribution in [-0.4, -0.2) is 26.8 Å². The molecule has 2 heterocycles. The number of nitrogens with one attached hydrogen (secondary N) is 1. The van der Waals surface area contributed by atoms with Gasteiger partial charge in [0.1, 0.15) is 11.5 Å². The van der Waals surface area contributed by atoms with Crippen molar-refractivity contribution in [3.05, 3.63) is 23.8 Å². The highest BCUT2D eigenvalue weighted by atomic mass is 16.5. The largest absolute Gasteiger partial charge is 0.434 e. The van der Waals surface area contributed by atoms with Gasteiger partial charge in [0.05, 0.1) is 18.1 Å². The molecule has 17 heavy (non-hydrogen) atoms. The van der Waals surface area contributed by atoms with Crippen LogP contribution in [0.25, 0.3) is 0 Å². The maximum absolute atomic E-state index is 5.71. The Morgan fingerprint density at radius 2 is 2.06 bits per heavy atom.